The normalized spacial score (nSPS) is 27.1. The Bertz CT molecular complexity index is 204. The number of carbonyl (C=O) groups excluding carboxylic acids is 1. The second-order valence-electron chi connectivity index (χ2n) is 4.12. The van der Waals surface area contributed by atoms with E-state index in [9.17, 15) is 4.79 Å². The molecule has 0 aromatic carbocycles. The average molecular weight is 186 g/mol. The summed E-state index contributed by atoms with van der Waals surface area (Å²) in [5, 5.41) is 2.62. The number of urea groups is 1. The van der Waals surface area contributed by atoms with Crippen molar-refractivity contribution in [2.75, 3.05) is 20.1 Å². The van der Waals surface area contributed by atoms with Gasteiger partial charge in [0.15, 0.2) is 0 Å². The molecule has 1 aliphatic rings. The van der Waals surface area contributed by atoms with Crippen LogP contribution in [0.1, 0.15) is 20.8 Å². The largest absolute Gasteiger partial charge is 0.369 e. The van der Waals surface area contributed by atoms with Crippen LogP contribution < -0.4 is 5.32 Å². The monoisotopic (exact) mass is 186 g/mol. The highest BCUT2D eigenvalue weighted by Gasteiger charge is 2.33. The lowest BCUT2D eigenvalue weighted by molar-refractivity contribution is -0.117. The van der Waals surface area contributed by atoms with Crippen molar-refractivity contribution < 1.29 is 9.53 Å². The lowest BCUT2D eigenvalue weighted by Gasteiger charge is -2.41. The molecule has 13 heavy (non-hydrogen) atoms. The highest BCUT2D eigenvalue weighted by Crippen LogP contribution is 2.20. The summed E-state index contributed by atoms with van der Waals surface area (Å²) in [5.41, 5.74) is -0.232. The van der Waals surface area contributed by atoms with Crippen LogP contribution in [0, 0.1) is 0 Å². The van der Waals surface area contributed by atoms with Gasteiger partial charge in [0, 0.05) is 13.6 Å². The van der Waals surface area contributed by atoms with E-state index in [0.717, 1.165) is 0 Å². The van der Waals surface area contributed by atoms with Crippen molar-refractivity contribution >= 4 is 6.03 Å². The van der Waals surface area contributed by atoms with Crippen molar-refractivity contribution in [3.05, 3.63) is 0 Å². The van der Waals surface area contributed by atoms with Crippen LogP contribution in [0.5, 0.6) is 0 Å². The molecule has 2 amide bonds. The summed E-state index contributed by atoms with van der Waals surface area (Å²) in [5.74, 6) is 0. The molecule has 1 fully saturated rings. The molecule has 0 aromatic heterocycles. The molecule has 1 atom stereocenters. The minimum atomic E-state index is -0.232. The molecule has 0 spiro atoms. The van der Waals surface area contributed by atoms with E-state index in [1.54, 1.807) is 11.9 Å². The van der Waals surface area contributed by atoms with Gasteiger partial charge in [-0.05, 0) is 20.8 Å². The molecule has 0 aromatic rings. The molecule has 0 saturated carbocycles. The maximum atomic E-state index is 11.4. The third-order valence-corrected chi connectivity index (χ3v) is 2.07. The van der Waals surface area contributed by atoms with Gasteiger partial charge in [-0.2, -0.15) is 0 Å². The van der Waals surface area contributed by atoms with E-state index in [0.29, 0.717) is 13.1 Å². The summed E-state index contributed by atoms with van der Waals surface area (Å²) in [6.45, 7) is 7.30. The fourth-order valence-corrected chi connectivity index (χ4v) is 1.77. The topological polar surface area (TPSA) is 41.6 Å². The standard InChI is InChI=1S/C9H18N2O2/c1-7-5-11(8(12)10-4)6-9(2,3)13-7/h7H,5-6H2,1-4H3,(H,10,12). The SMILES string of the molecule is CNC(=O)N1CC(C)OC(C)(C)C1. The van der Waals surface area contributed by atoms with Crippen molar-refractivity contribution in [3.63, 3.8) is 0 Å². The van der Waals surface area contributed by atoms with Crippen molar-refractivity contribution in [1.29, 1.82) is 0 Å². The Hall–Kier alpha value is -0.770. The number of ether oxygens (including phenoxy) is 1. The first-order valence-corrected chi connectivity index (χ1v) is 4.59. The predicted octanol–water partition coefficient (Wildman–Crippen LogP) is 0.825. The molecule has 1 N–H and O–H groups in total. The molecule has 0 aliphatic carbocycles. The Kier molecular flexibility index (Phi) is 2.81. The predicted molar refractivity (Wildman–Crippen MR) is 50.7 cm³/mol. The van der Waals surface area contributed by atoms with E-state index in [4.69, 9.17) is 4.74 Å². The van der Waals surface area contributed by atoms with Crippen molar-refractivity contribution in [2.24, 2.45) is 0 Å². The highest BCUT2D eigenvalue weighted by atomic mass is 16.5. The van der Waals surface area contributed by atoms with Gasteiger partial charge < -0.3 is 15.0 Å². The zero-order valence-electron chi connectivity index (χ0n) is 8.76. The van der Waals surface area contributed by atoms with Crippen LogP contribution in [0.2, 0.25) is 0 Å². The fourth-order valence-electron chi connectivity index (χ4n) is 1.77. The van der Waals surface area contributed by atoms with Gasteiger partial charge in [-0.25, -0.2) is 4.79 Å². The van der Waals surface area contributed by atoms with Gasteiger partial charge in [0.2, 0.25) is 0 Å². The molecule has 1 rings (SSSR count). The minimum absolute atomic E-state index is 0.0248. The molecule has 0 radical (unpaired) electrons. The van der Waals surface area contributed by atoms with Crippen molar-refractivity contribution in [2.45, 2.75) is 32.5 Å². The number of nitrogens with one attached hydrogen (secondary N) is 1. The number of nitrogens with zero attached hydrogens (tertiary/aromatic N) is 1. The molecule has 1 saturated heterocycles. The van der Waals surface area contributed by atoms with Gasteiger partial charge in [0.25, 0.3) is 0 Å². The number of hydrogen-bond acceptors (Lipinski definition) is 2. The zero-order valence-corrected chi connectivity index (χ0v) is 8.76. The Balaban J connectivity index is 2.62. The van der Waals surface area contributed by atoms with Gasteiger partial charge in [0.05, 0.1) is 18.2 Å². The van der Waals surface area contributed by atoms with Gasteiger partial charge >= 0.3 is 6.03 Å². The maximum absolute atomic E-state index is 11.4. The second kappa shape index (κ2) is 3.54. The average Bonchev–Trinajstić information content (AvgIpc) is 1.99. The van der Waals surface area contributed by atoms with Crippen molar-refractivity contribution in [1.82, 2.24) is 10.2 Å². The zero-order chi connectivity index (χ0) is 10.1. The van der Waals surface area contributed by atoms with Gasteiger partial charge in [0.1, 0.15) is 0 Å². The van der Waals surface area contributed by atoms with E-state index >= 15 is 0 Å². The second-order valence-corrected chi connectivity index (χ2v) is 4.12. The minimum Gasteiger partial charge on any atom is -0.369 e. The first-order chi connectivity index (χ1) is 5.94. The van der Waals surface area contributed by atoms with Crippen LogP contribution in [0.15, 0.2) is 0 Å². The Morgan fingerprint density at radius 1 is 1.62 bits per heavy atom. The third kappa shape index (κ3) is 2.59. The Morgan fingerprint density at radius 3 is 2.69 bits per heavy atom. The summed E-state index contributed by atoms with van der Waals surface area (Å²) in [4.78, 5) is 13.1. The first-order valence-electron chi connectivity index (χ1n) is 4.59. The summed E-state index contributed by atoms with van der Waals surface area (Å²) < 4.78 is 5.68. The van der Waals surface area contributed by atoms with Crippen LogP contribution in [-0.4, -0.2) is 42.8 Å². The number of morpholine rings is 1. The smallest absolute Gasteiger partial charge is 0.317 e. The van der Waals surface area contributed by atoms with E-state index in [1.165, 1.54) is 0 Å². The highest BCUT2D eigenvalue weighted by molar-refractivity contribution is 5.74. The number of hydrogen-bond donors (Lipinski definition) is 1. The number of carbonyl (C=O) groups is 1. The van der Waals surface area contributed by atoms with Crippen LogP contribution in [0.3, 0.4) is 0 Å². The van der Waals surface area contributed by atoms with Crippen LogP contribution >= 0.6 is 0 Å². The van der Waals surface area contributed by atoms with E-state index < -0.39 is 0 Å². The lowest BCUT2D eigenvalue weighted by Crippen LogP contribution is -2.55. The van der Waals surface area contributed by atoms with Crippen LogP contribution in [-0.2, 0) is 4.74 Å². The lowest BCUT2D eigenvalue weighted by atomic mass is 10.1. The van der Waals surface area contributed by atoms with Crippen LogP contribution in [0.25, 0.3) is 0 Å². The molecular weight excluding hydrogens is 168 g/mol. The number of rotatable bonds is 0. The summed E-state index contributed by atoms with van der Waals surface area (Å²) >= 11 is 0. The summed E-state index contributed by atoms with van der Waals surface area (Å²) in [7, 11) is 1.65. The van der Waals surface area contributed by atoms with Crippen LogP contribution in [0.4, 0.5) is 4.79 Å². The number of amides is 2. The molecule has 1 aliphatic heterocycles. The first kappa shape index (κ1) is 10.3. The summed E-state index contributed by atoms with van der Waals surface area (Å²) in [6.07, 6.45) is 0.112. The maximum Gasteiger partial charge on any atom is 0.317 e. The summed E-state index contributed by atoms with van der Waals surface area (Å²) in [6, 6.07) is -0.0248. The molecule has 1 heterocycles. The molecule has 4 nitrogen and oxygen atoms in total. The Morgan fingerprint density at radius 2 is 2.23 bits per heavy atom. The molecular formula is C9H18N2O2. The quantitative estimate of drug-likeness (QED) is 0.608. The van der Waals surface area contributed by atoms with Gasteiger partial charge in [-0.1, -0.05) is 0 Å². The molecule has 76 valence electrons. The molecule has 1 unspecified atom stereocenters. The van der Waals surface area contributed by atoms with E-state index in [-0.39, 0.29) is 17.7 Å². The van der Waals surface area contributed by atoms with E-state index in [2.05, 4.69) is 5.32 Å². The van der Waals surface area contributed by atoms with Gasteiger partial charge in [-0.15, -0.1) is 0 Å². The van der Waals surface area contributed by atoms with E-state index in [1.807, 2.05) is 20.8 Å². The van der Waals surface area contributed by atoms with Crippen molar-refractivity contribution in [3.8, 4) is 0 Å². The third-order valence-electron chi connectivity index (χ3n) is 2.07. The molecule has 4 heteroatoms. The Labute approximate surface area is 79.2 Å². The molecule has 0 bridgehead atoms. The van der Waals surface area contributed by atoms with Gasteiger partial charge in [-0.3, -0.25) is 0 Å². The fraction of sp³-hybridized carbons (Fsp3) is 0.889.